The number of aryl methyl sites for hydroxylation is 1. The van der Waals surface area contributed by atoms with Crippen LogP contribution < -0.4 is 5.73 Å². The summed E-state index contributed by atoms with van der Waals surface area (Å²) < 4.78 is 0. The number of nitrogens with two attached hydrogens (primary N) is 1. The Hall–Kier alpha value is -1.57. The maximum Gasteiger partial charge on any atom is 0.123 e. The minimum Gasteiger partial charge on any atom is -0.384 e. The van der Waals surface area contributed by atoms with Crippen LogP contribution in [0.5, 0.6) is 0 Å². The van der Waals surface area contributed by atoms with Crippen molar-refractivity contribution in [3.63, 3.8) is 0 Å². The number of rotatable bonds is 0. The van der Waals surface area contributed by atoms with Crippen LogP contribution in [0.2, 0.25) is 0 Å². The zero-order valence-electron chi connectivity index (χ0n) is 8.91. The monoisotopic (exact) mass is 188 g/mol. The van der Waals surface area contributed by atoms with Gasteiger partial charge in [-0.1, -0.05) is 37.6 Å². The van der Waals surface area contributed by atoms with Gasteiger partial charge in [0.25, 0.3) is 0 Å². The molecule has 1 aromatic carbocycles. The Labute approximate surface area is 84.8 Å². The van der Waals surface area contributed by atoms with E-state index in [-0.39, 0.29) is 0 Å². The Morgan fingerprint density at radius 1 is 1.07 bits per heavy atom. The minimum atomic E-state index is 0.577. The Kier molecular flexibility index (Phi) is 3.46. The van der Waals surface area contributed by atoms with Crippen molar-refractivity contribution < 1.29 is 0 Å². The number of fused-ring (bicyclic) bond motifs is 1. The number of nitrogens with zero attached hydrogens (tertiary/aromatic N) is 1. The third kappa shape index (κ3) is 2.22. The Balaban J connectivity index is 0.000000461. The molecule has 2 nitrogen and oxygen atoms in total. The molecule has 0 aliphatic rings. The predicted molar refractivity (Wildman–Crippen MR) is 62.2 cm³/mol. The molecule has 0 saturated carbocycles. The summed E-state index contributed by atoms with van der Waals surface area (Å²) in [4.78, 5) is 4.01. The molecule has 2 heteroatoms. The quantitative estimate of drug-likeness (QED) is 0.689. The summed E-state index contributed by atoms with van der Waals surface area (Å²) >= 11 is 0. The van der Waals surface area contributed by atoms with Gasteiger partial charge < -0.3 is 5.73 Å². The summed E-state index contributed by atoms with van der Waals surface area (Å²) in [6.07, 6.45) is 1.80. The summed E-state index contributed by atoms with van der Waals surface area (Å²) in [5.74, 6) is 0.577. The maximum absolute atomic E-state index is 5.56. The second-order valence-corrected chi connectivity index (χ2v) is 2.96. The largest absolute Gasteiger partial charge is 0.384 e. The van der Waals surface area contributed by atoms with Crippen molar-refractivity contribution in [2.24, 2.45) is 0 Å². The number of hydrogen-bond acceptors (Lipinski definition) is 2. The summed E-state index contributed by atoms with van der Waals surface area (Å²) in [6, 6.07) is 8.12. The maximum atomic E-state index is 5.56. The van der Waals surface area contributed by atoms with Crippen LogP contribution in [-0.2, 0) is 0 Å². The molecule has 0 bridgehead atoms. The number of aromatic nitrogens is 1. The molecule has 74 valence electrons. The molecule has 0 unspecified atom stereocenters. The Bertz CT molecular complexity index is 385. The van der Waals surface area contributed by atoms with Crippen molar-refractivity contribution in [3.8, 4) is 0 Å². The predicted octanol–water partition coefficient (Wildman–Crippen LogP) is 3.15. The lowest BCUT2D eigenvalue weighted by Gasteiger charge is -1.99. The lowest BCUT2D eigenvalue weighted by molar-refractivity contribution is 1.36. The highest BCUT2D eigenvalue weighted by molar-refractivity contribution is 5.84. The number of pyridine rings is 1. The zero-order chi connectivity index (χ0) is 10.6. The van der Waals surface area contributed by atoms with Crippen LogP contribution in [0.1, 0.15) is 19.4 Å². The summed E-state index contributed by atoms with van der Waals surface area (Å²) in [5.41, 5.74) is 6.81. The van der Waals surface area contributed by atoms with Gasteiger partial charge in [-0.3, -0.25) is 0 Å². The average Bonchev–Trinajstić information content (AvgIpc) is 2.20. The van der Waals surface area contributed by atoms with Gasteiger partial charge in [0.2, 0.25) is 0 Å². The van der Waals surface area contributed by atoms with Gasteiger partial charge in [-0.2, -0.15) is 0 Å². The summed E-state index contributed by atoms with van der Waals surface area (Å²) in [6.45, 7) is 6.07. The van der Waals surface area contributed by atoms with E-state index in [0.717, 1.165) is 10.8 Å². The smallest absolute Gasteiger partial charge is 0.123 e. The van der Waals surface area contributed by atoms with E-state index in [9.17, 15) is 0 Å². The van der Waals surface area contributed by atoms with E-state index in [2.05, 4.69) is 30.1 Å². The Morgan fingerprint density at radius 3 is 2.50 bits per heavy atom. The first-order valence-electron chi connectivity index (χ1n) is 4.87. The fraction of sp³-hybridized carbons (Fsp3) is 0.250. The average molecular weight is 188 g/mol. The molecule has 14 heavy (non-hydrogen) atoms. The second-order valence-electron chi connectivity index (χ2n) is 2.96. The van der Waals surface area contributed by atoms with Crippen LogP contribution >= 0.6 is 0 Å². The van der Waals surface area contributed by atoms with Crippen LogP contribution in [0.4, 0.5) is 5.82 Å². The van der Waals surface area contributed by atoms with Crippen molar-refractivity contribution in [2.45, 2.75) is 20.8 Å². The molecule has 0 spiro atoms. The molecule has 0 radical (unpaired) electrons. The van der Waals surface area contributed by atoms with E-state index < -0.39 is 0 Å². The fourth-order valence-electron chi connectivity index (χ4n) is 1.28. The minimum absolute atomic E-state index is 0.577. The molecule has 0 saturated heterocycles. The first kappa shape index (κ1) is 10.5. The fourth-order valence-corrected chi connectivity index (χ4v) is 1.28. The molecule has 0 amide bonds. The highest BCUT2D eigenvalue weighted by Crippen LogP contribution is 2.16. The molecular formula is C12H16N2. The van der Waals surface area contributed by atoms with Gasteiger partial charge in [-0.15, -0.1) is 0 Å². The lowest BCUT2D eigenvalue weighted by atomic mass is 10.1. The Morgan fingerprint density at radius 2 is 1.79 bits per heavy atom. The second kappa shape index (κ2) is 4.61. The molecule has 1 aromatic heterocycles. The first-order chi connectivity index (χ1) is 6.75. The van der Waals surface area contributed by atoms with E-state index in [1.54, 1.807) is 6.20 Å². The van der Waals surface area contributed by atoms with Crippen molar-refractivity contribution >= 4 is 16.6 Å². The van der Waals surface area contributed by atoms with E-state index >= 15 is 0 Å². The van der Waals surface area contributed by atoms with E-state index in [0.29, 0.717) is 5.82 Å². The van der Waals surface area contributed by atoms with Crippen LogP contribution in [0.25, 0.3) is 10.8 Å². The zero-order valence-corrected chi connectivity index (χ0v) is 8.91. The molecule has 2 N–H and O–H groups in total. The third-order valence-corrected chi connectivity index (χ3v) is 1.90. The van der Waals surface area contributed by atoms with Crippen LogP contribution in [0, 0.1) is 6.92 Å². The van der Waals surface area contributed by atoms with Gasteiger partial charge in [-0.25, -0.2) is 4.98 Å². The SMILES string of the molecule is CC.Cc1ccc2cnc(N)cc2c1. The molecule has 0 aliphatic carbocycles. The highest BCUT2D eigenvalue weighted by Gasteiger charge is 1.94. The van der Waals surface area contributed by atoms with Gasteiger partial charge in [-0.05, 0) is 18.4 Å². The van der Waals surface area contributed by atoms with Gasteiger partial charge in [0.1, 0.15) is 5.82 Å². The van der Waals surface area contributed by atoms with Gasteiger partial charge in [0.15, 0.2) is 0 Å². The molecular weight excluding hydrogens is 172 g/mol. The van der Waals surface area contributed by atoms with Crippen LogP contribution in [0.3, 0.4) is 0 Å². The summed E-state index contributed by atoms with van der Waals surface area (Å²) in [5, 5.41) is 2.29. The molecule has 2 rings (SSSR count). The number of anilines is 1. The third-order valence-electron chi connectivity index (χ3n) is 1.90. The standard InChI is InChI=1S/C10H10N2.C2H6/c1-7-2-3-8-6-12-10(11)5-9(8)4-7;1-2/h2-6H,1H3,(H2,11,12);1-2H3. The van der Waals surface area contributed by atoms with Gasteiger partial charge >= 0.3 is 0 Å². The molecule has 0 fully saturated rings. The van der Waals surface area contributed by atoms with Crippen molar-refractivity contribution in [2.75, 3.05) is 5.73 Å². The van der Waals surface area contributed by atoms with Crippen molar-refractivity contribution in [1.82, 2.24) is 4.98 Å². The lowest BCUT2D eigenvalue weighted by Crippen LogP contribution is -1.88. The van der Waals surface area contributed by atoms with E-state index in [4.69, 9.17) is 5.73 Å². The van der Waals surface area contributed by atoms with Crippen molar-refractivity contribution in [1.29, 1.82) is 0 Å². The van der Waals surface area contributed by atoms with E-state index in [1.165, 1.54) is 5.56 Å². The topological polar surface area (TPSA) is 38.9 Å². The van der Waals surface area contributed by atoms with Crippen molar-refractivity contribution in [3.05, 3.63) is 36.0 Å². The summed E-state index contributed by atoms with van der Waals surface area (Å²) in [7, 11) is 0. The van der Waals surface area contributed by atoms with Gasteiger partial charge in [0, 0.05) is 11.6 Å². The van der Waals surface area contributed by atoms with Crippen LogP contribution in [0.15, 0.2) is 30.5 Å². The van der Waals surface area contributed by atoms with E-state index in [1.807, 2.05) is 19.9 Å². The first-order valence-corrected chi connectivity index (χ1v) is 4.87. The molecule has 1 heterocycles. The highest BCUT2D eigenvalue weighted by atomic mass is 14.8. The number of benzene rings is 1. The molecule has 2 aromatic rings. The number of nitrogen functional groups attached to an aromatic ring is 1. The van der Waals surface area contributed by atoms with Crippen LogP contribution in [-0.4, -0.2) is 4.98 Å². The molecule has 0 aliphatic heterocycles. The normalized spacial score (nSPS) is 9.36. The number of hydrogen-bond donors (Lipinski definition) is 1. The van der Waals surface area contributed by atoms with Gasteiger partial charge in [0.05, 0.1) is 0 Å². The molecule has 0 atom stereocenters.